The van der Waals surface area contributed by atoms with Crippen LogP contribution in [0.1, 0.15) is 26.5 Å². The van der Waals surface area contributed by atoms with E-state index in [-0.39, 0.29) is 0 Å². The summed E-state index contributed by atoms with van der Waals surface area (Å²) in [4.78, 5) is 3.24. The molecule has 2 rings (SSSR count). The molecule has 2 aromatic rings. The summed E-state index contributed by atoms with van der Waals surface area (Å²) < 4.78 is 5.52. The zero-order valence-electron chi connectivity index (χ0n) is 12.1. The number of aryl methyl sites for hydroxylation is 1. The zero-order valence-corrected chi connectivity index (χ0v) is 12.1. The van der Waals surface area contributed by atoms with Crippen molar-refractivity contribution in [1.29, 1.82) is 0 Å². The van der Waals surface area contributed by atoms with E-state index >= 15 is 0 Å². The number of aromatic amines is 1. The van der Waals surface area contributed by atoms with Crippen LogP contribution >= 0.6 is 0 Å². The van der Waals surface area contributed by atoms with Crippen LogP contribution in [0.4, 0.5) is 0 Å². The number of nitrogens with one attached hydrogen (secondary N) is 1. The van der Waals surface area contributed by atoms with Crippen molar-refractivity contribution in [1.82, 2.24) is 4.98 Å². The fraction of sp³-hybridized carbons (Fsp3) is 0.467. The third-order valence-corrected chi connectivity index (χ3v) is 2.24. The standard InChI is InChI=1S/C12H15NO2.C3H9N/c1-8-6-10-11(13-8)4-3-5-12(10)15-7-9(2)14;1-3(2)4/h3-6,9,13-14H,7H2,1-2H3;3H,4H2,1-2H3. The Labute approximate surface area is 114 Å². The molecule has 19 heavy (non-hydrogen) atoms. The molecular weight excluding hydrogens is 240 g/mol. The fourth-order valence-electron chi connectivity index (χ4n) is 1.60. The van der Waals surface area contributed by atoms with Gasteiger partial charge in [0.2, 0.25) is 0 Å². The number of aliphatic hydroxyl groups is 1. The Morgan fingerprint density at radius 2 is 1.95 bits per heavy atom. The average molecular weight is 264 g/mol. The zero-order chi connectivity index (χ0) is 14.4. The quantitative estimate of drug-likeness (QED) is 0.798. The molecule has 0 fully saturated rings. The lowest BCUT2D eigenvalue weighted by Crippen LogP contribution is -2.12. The summed E-state index contributed by atoms with van der Waals surface area (Å²) in [5.41, 5.74) is 7.29. The molecule has 0 aliphatic rings. The molecule has 4 heteroatoms. The van der Waals surface area contributed by atoms with Gasteiger partial charge in [0.1, 0.15) is 12.4 Å². The van der Waals surface area contributed by atoms with Crippen molar-refractivity contribution < 1.29 is 9.84 Å². The smallest absolute Gasteiger partial charge is 0.128 e. The van der Waals surface area contributed by atoms with E-state index in [0.717, 1.165) is 22.3 Å². The summed E-state index contributed by atoms with van der Waals surface area (Å²) in [6, 6.07) is 8.25. The number of hydrogen-bond donors (Lipinski definition) is 3. The molecule has 1 aromatic heterocycles. The normalized spacial score (nSPS) is 12.2. The van der Waals surface area contributed by atoms with E-state index < -0.39 is 6.10 Å². The molecule has 0 bridgehead atoms. The highest BCUT2D eigenvalue weighted by molar-refractivity contribution is 5.86. The van der Waals surface area contributed by atoms with Gasteiger partial charge in [0.05, 0.1) is 6.10 Å². The van der Waals surface area contributed by atoms with Gasteiger partial charge in [0.15, 0.2) is 0 Å². The molecule has 4 N–H and O–H groups in total. The second kappa shape index (κ2) is 7.16. The minimum Gasteiger partial charge on any atom is -0.490 e. The first-order valence-electron chi connectivity index (χ1n) is 6.55. The fourth-order valence-corrected chi connectivity index (χ4v) is 1.60. The van der Waals surface area contributed by atoms with Crippen LogP contribution in [0, 0.1) is 6.92 Å². The number of hydrogen-bond acceptors (Lipinski definition) is 3. The molecule has 4 nitrogen and oxygen atoms in total. The second-order valence-corrected chi connectivity index (χ2v) is 5.07. The first kappa shape index (κ1) is 15.5. The topological polar surface area (TPSA) is 71.3 Å². The molecule has 1 unspecified atom stereocenters. The number of H-pyrrole nitrogens is 1. The van der Waals surface area contributed by atoms with Gasteiger partial charge in [0.25, 0.3) is 0 Å². The van der Waals surface area contributed by atoms with Crippen LogP contribution in [0.25, 0.3) is 10.9 Å². The summed E-state index contributed by atoms with van der Waals surface area (Å²) in [6.07, 6.45) is -0.444. The summed E-state index contributed by atoms with van der Waals surface area (Å²) in [6.45, 7) is 7.93. The van der Waals surface area contributed by atoms with E-state index in [1.165, 1.54) is 0 Å². The summed E-state index contributed by atoms with van der Waals surface area (Å²) in [5.74, 6) is 0.817. The molecule has 0 aliphatic carbocycles. The van der Waals surface area contributed by atoms with E-state index in [2.05, 4.69) is 4.98 Å². The van der Waals surface area contributed by atoms with Gasteiger partial charge < -0.3 is 20.6 Å². The van der Waals surface area contributed by atoms with Crippen molar-refractivity contribution >= 4 is 10.9 Å². The van der Waals surface area contributed by atoms with Crippen LogP contribution in [0.3, 0.4) is 0 Å². The Bertz CT molecular complexity index is 501. The predicted octanol–water partition coefficient (Wildman–Crippen LogP) is 2.59. The lowest BCUT2D eigenvalue weighted by molar-refractivity contribution is 0.123. The molecule has 0 aliphatic heterocycles. The third kappa shape index (κ3) is 5.32. The average Bonchev–Trinajstić information content (AvgIpc) is 2.66. The minimum absolute atomic E-state index is 0.323. The van der Waals surface area contributed by atoms with Crippen LogP contribution in [0.5, 0.6) is 5.75 Å². The Kier molecular flexibility index (Phi) is 5.86. The maximum atomic E-state index is 9.16. The molecule has 106 valence electrons. The van der Waals surface area contributed by atoms with Crippen LogP contribution < -0.4 is 10.5 Å². The van der Waals surface area contributed by atoms with Crippen molar-refractivity contribution in [3.05, 3.63) is 30.0 Å². The first-order chi connectivity index (χ1) is 8.90. The number of rotatable bonds is 3. The molecule has 0 spiro atoms. The van der Waals surface area contributed by atoms with E-state index in [9.17, 15) is 0 Å². The Hall–Kier alpha value is -1.52. The number of aliphatic hydroxyl groups excluding tert-OH is 1. The van der Waals surface area contributed by atoms with Gasteiger partial charge >= 0.3 is 0 Å². The third-order valence-electron chi connectivity index (χ3n) is 2.24. The van der Waals surface area contributed by atoms with Crippen molar-refractivity contribution in [3.63, 3.8) is 0 Å². The van der Waals surface area contributed by atoms with Crippen LogP contribution in [-0.2, 0) is 0 Å². The maximum Gasteiger partial charge on any atom is 0.128 e. The molecular formula is C15H24N2O2. The number of nitrogens with two attached hydrogens (primary N) is 1. The highest BCUT2D eigenvalue weighted by atomic mass is 16.5. The summed E-state index contributed by atoms with van der Waals surface area (Å²) in [7, 11) is 0. The van der Waals surface area contributed by atoms with Crippen molar-refractivity contribution in [2.24, 2.45) is 5.73 Å². The lowest BCUT2D eigenvalue weighted by atomic mass is 10.2. The van der Waals surface area contributed by atoms with Crippen molar-refractivity contribution in [2.45, 2.75) is 39.8 Å². The molecule has 1 atom stereocenters. The van der Waals surface area contributed by atoms with Crippen LogP contribution in [0.2, 0.25) is 0 Å². The number of benzene rings is 1. The van der Waals surface area contributed by atoms with Crippen molar-refractivity contribution in [2.75, 3.05) is 6.61 Å². The van der Waals surface area contributed by atoms with Crippen LogP contribution in [0.15, 0.2) is 24.3 Å². The maximum absolute atomic E-state index is 9.16. The van der Waals surface area contributed by atoms with Gasteiger partial charge in [-0.1, -0.05) is 19.9 Å². The summed E-state index contributed by atoms with van der Waals surface area (Å²) in [5, 5.41) is 10.2. The molecule has 1 aromatic carbocycles. The monoisotopic (exact) mass is 264 g/mol. The van der Waals surface area contributed by atoms with Gasteiger partial charge in [-0.15, -0.1) is 0 Å². The lowest BCUT2D eigenvalue weighted by Gasteiger charge is -2.08. The molecule has 0 radical (unpaired) electrons. The van der Waals surface area contributed by atoms with Gasteiger partial charge in [-0.2, -0.15) is 0 Å². The number of fused-ring (bicyclic) bond motifs is 1. The Morgan fingerprint density at radius 1 is 1.32 bits per heavy atom. The van der Waals surface area contributed by atoms with Crippen molar-refractivity contribution in [3.8, 4) is 5.75 Å². The number of ether oxygens (including phenoxy) is 1. The van der Waals surface area contributed by atoms with E-state index in [0.29, 0.717) is 12.6 Å². The van der Waals surface area contributed by atoms with Crippen LogP contribution in [-0.4, -0.2) is 28.8 Å². The molecule has 0 saturated heterocycles. The molecule has 0 saturated carbocycles. The highest BCUT2D eigenvalue weighted by Gasteiger charge is 2.05. The Morgan fingerprint density at radius 3 is 2.53 bits per heavy atom. The van der Waals surface area contributed by atoms with E-state index in [4.69, 9.17) is 15.6 Å². The van der Waals surface area contributed by atoms with Gasteiger partial charge in [-0.3, -0.25) is 0 Å². The minimum atomic E-state index is -0.444. The van der Waals surface area contributed by atoms with Gasteiger partial charge in [0, 0.05) is 16.6 Å². The summed E-state index contributed by atoms with van der Waals surface area (Å²) >= 11 is 0. The van der Waals surface area contributed by atoms with E-state index in [1.807, 2.05) is 45.0 Å². The SMILES string of the molecule is CC(C)N.Cc1cc2c(OCC(C)O)cccc2[nH]1. The highest BCUT2D eigenvalue weighted by Crippen LogP contribution is 2.26. The largest absolute Gasteiger partial charge is 0.490 e. The second-order valence-electron chi connectivity index (χ2n) is 5.07. The number of aromatic nitrogens is 1. The first-order valence-corrected chi connectivity index (χ1v) is 6.55. The molecule has 1 heterocycles. The molecule has 0 amide bonds. The van der Waals surface area contributed by atoms with Gasteiger partial charge in [-0.25, -0.2) is 0 Å². The van der Waals surface area contributed by atoms with Gasteiger partial charge in [-0.05, 0) is 38.1 Å². The Balaban J connectivity index is 0.000000399. The predicted molar refractivity (Wildman–Crippen MR) is 79.5 cm³/mol. The van der Waals surface area contributed by atoms with E-state index in [1.54, 1.807) is 6.92 Å².